The van der Waals surface area contributed by atoms with Gasteiger partial charge in [-0.2, -0.15) is 4.99 Å². The van der Waals surface area contributed by atoms with Gasteiger partial charge in [-0.05, 0) is 6.42 Å². The first-order valence-corrected chi connectivity index (χ1v) is 3.78. The molecule has 0 saturated carbocycles. The number of aliphatic imine (C=N–C) groups is 1. The van der Waals surface area contributed by atoms with Crippen molar-refractivity contribution in [1.29, 1.82) is 5.41 Å². The molecule has 0 aromatic rings. The first-order chi connectivity index (χ1) is 5.70. The van der Waals surface area contributed by atoms with Gasteiger partial charge in [0.2, 0.25) is 5.96 Å². The van der Waals surface area contributed by atoms with Crippen molar-refractivity contribution in [3.05, 3.63) is 12.2 Å². The third kappa shape index (κ3) is 3.80. The van der Waals surface area contributed by atoms with Crippen LogP contribution in [0.15, 0.2) is 17.1 Å². The molecule has 0 spiro atoms. The number of nitrogens with zero attached hydrogens (tertiary/aromatic N) is 2. The minimum Gasteiger partial charge on any atom is -0.370 e. The van der Waals surface area contributed by atoms with E-state index < -0.39 is 0 Å². The van der Waals surface area contributed by atoms with Crippen molar-refractivity contribution in [3.8, 4) is 0 Å². The van der Waals surface area contributed by atoms with E-state index in [4.69, 9.17) is 16.9 Å². The predicted octanol–water partition coefficient (Wildman–Crippen LogP) is -0.122. The Kier molecular flexibility index (Phi) is 4.91. The highest BCUT2D eigenvalue weighted by Gasteiger charge is 2.08. The topological polar surface area (TPSA) is 91.5 Å². The molecule has 0 amide bonds. The molecule has 0 aromatic carbocycles. The summed E-state index contributed by atoms with van der Waals surface area (Å²) in [5, 5.41) is 7.46. The van der Waals surface area contributed by atoms with Gasteiger partial charge in [-0.15, -0.1) is 12.4 Å². The number of guanidine groups is 2. The van der Waals surface area contributed by atoms with E-state index in [9.17, 15) is 0 Å². The highest BCUT2D eigenvalue weighted by molar-refractivity contribution is 5.91. The Balaban J connectivity index is 0.00000144. The lowest BCUT2D eigenvalue weighted by atomic mass is 10.3. The highest BCUT2D eigenvalue weighted by atomic mass is 35.5. The Morgan fingerprint density at radius 3 is 2.54 bits per heavy atom. The molecule has 74 valence electrons. The summed E-state index contributed by atoms with van der Waals surface area (Å²) in [5.74, 6) is 0.0777. The summed E-state index contributed by atoms with van der Waals surface area (Å²) in [7, 11) is 0. The Bertz CT molecular complexity index is 231. The molecule has 5 nitrogen and oxygen atoms in total. The number of hydrogen-bond acceptors (Lipinski definition) is 1. The number of nitrogens with one attached hydrogen (secondary N) is 1. The second-order valence-corrected chi connectivity index (χ2v) is 2.57. The van der Waals surface area contributed by atoms with Gasteiger partial charge in [-0.3, -0.25) is 5.41 Å². The molecule has 0 unspecified atom stereocenters. The van der Waals surface area contributed by atoms with Crippen molar-refractivity contribution in [2.75, 3.05) is 13.1 Å². The molecule has 0 radical (unpaired) electrons. The highest BCUT2D eigenvalue weighted by Crippen LogP contribution is 2.01. The van der Waals surface area contributed by atoms with Crippen molar-refractivity contribution < 1.29 is 0 Å². The normalized spacial score (nSPS) is 14.6. The second-order valence-electron chi connectivity index (χ2n) is 2.57. The minimum atomic E-state index is -0.0606. The van der Waals surface area contributed by atoms with Gasteiger partial charge < -0.3 is 16.4 Å². The van der Waals surface area contributed by atoms with Crippen LogP contribution >= 0.6 is 12.4 Å². The van der Waals surface area contributed by atoms with Crippen LogP contribution in [0, 0.1) is 5.41 Å². The molecular weight excluding hydrogens is 190 g/mol. The molecule has 0 bridgehead atoms. The fourth-order valence-electron chi connectivity index (χ4n) is 1.03. The van der Waals surface area contributed by atoms with Crippen LogP contribution in [0.1, 0.15) is 6.42 Å². The molecule has 6 heteroatoms. The zero-order valence-electron chi connectivity index (χ0n) is 7.23. The lowest BCUT2D eigenvalue weighted by molar-refractivity contribution is 0.446. The molecule has 0 saturated heterocycles. The first kappa shape index (κ1) is 11.8. The van der Waals surface area contributed by atoms with Crippen LogP contribution in [0.4, 0.5) is 0 Å². The van der Waals surface area contributed by atoms with E-state index in [0.717, 1.165) is 19.5 Å². The fraction of sp³-hybridized carbons (Fsp3) is 0.429. The molecule has 1 aliphatic heterocycles. The van der Waals surface area contributed by atoms with Gasteiger partial charge in [-0.25, -0.2) is 0 Å². The van der Waals surface area contributed by atoms with Crippen LogP contribution in [0.5, 0.6) is 0 Å². The van der Waals surface area contributed by atoms with E-state index in [2.05, 4.69) is 11.1 Å². The zero-order chi connectivity index (χ0) is 8.97. The quantitative estimate of drug-likeness (QED) is 0.291. The zero-order valence-corrected chi connectivity index (χ0v) is 8.05. The number of halogens is 1. The molecule has 0 aromatic heterocycles. The molecule has 0 atom stereocenters. The van der Waals surface area contributed by atoms with Crippen LogP contribution in [0.3, 0.4) is 0 Å². The SMILES string of the molecule is Cl.N=C(N=C(N)N)N1CC=CCC1. The molecular formula is C7H14ClN5. The minimum absolute atomic E-state index is 0. The number of nitrogens with two attached hydrogens (primary N) is 2. The maximum absolute atomic E-state index is 7.46. The van der Waals surface area contributed by atoms with Crippen molar-refractivity contribution in [3.63, 3.8) is 0 Å². The third-order valence-corrected chi connectivity index (χ3v) is 1.59. The summed E-state index contributed by atoms with van der Waals surface area (Å²) in [5.41, 5.74) is 10.3. The Morgan fingerprint density at radius 1 is 1.38 bits per heavy atom. The van der Waals surface area contributed by atoms with Crippen LogP contribution in [-0.4, -0.2) is 29.9 Å². The summed E-state index contributed by atoms with van der Waals surface area (Å²) in [4.78, 5) is 5.45. The smallest absolute Gasteiger partial charge is 0.221 e. The standard InChI is InChI=1S/C7H13N5.ClH/c8-6(9)11-7(10)12-4-2-1-3-5-12;/h1-2H,3-5H2,(H5,8,9,10,11);1H. The Morgan fingerprint density at radius 2 is 2.08 bits per heavy atom. The van der Waals surface area contributed by atoms with E-state index in [1.807, 2.05) is 6.08 Å². The van der Waals surface area contributed by atoms with Gasteiger partial charge in [0.1, 0.15) is 0 Å². The summed E-state index contributed by atoms with van der Waals surface area (Å²) < 4.78 is 0. The molecule has 1 rings (SSSR count). The first-order valence-electron chi connectivity index (χ1n) is 3.78. The van der Waals surface area contributed by atoms with Gasteiger partial charge >= 0.3 is 0 Å². The van der Waals surface area contributed by atoms with E-state index in [1.54, 1.807) is 4.90 Å². The largest absolute Gasteiger partial charge is 0.370 e. The van der Waals surface area contributed by atoms with Gasteiger partial charge in [0.15, 0.2) is 5.96 Å². The Hall–Kier alpha value is -1.23. The molecule has 1 aliphatic rings. The van der Waals surface area contributed by atoms with E-state index in [0.29, 0.717) is 0 Å². The van der Waals surface area contributed by atoms with Crippen molar-refractivity contribution in [2.24, 2.45) is 16.5 Å². The lowest BCUT2D eigenvalue weighted by Crippen LogP contribution is -2.35. The molecule has 0 aliphatic carbocycles. The molecule has 5 N–H and O–H groups in total. The van der Waals surface area contributed by atoms with Crippen molar-refractivity contribution >= 4 is 24.3 Å². The molecule has 1 heterocycles. The number of hydrogen-bond donors (Lipinski definition) is 3. The van der Waals surface area contributed by atoms with Gasteiger partial charge in [-0.1, -0.05) is 12.2 Å². The summed E-state index contributed by atoms with van der Waals surface area (Å²) in [6, 6.07) is 0. The van der Waals surface area contributed by atoms with Gasteiger partial charge in [0.25, 0.3) is 0 Å². The predicted molar refractivity (Wildman–Crippen MR) is 56.1 cm³/mol. The third-order valence-electron chi connectivity index (χ3n) is 1.59. The monoisotopic (exact) mass is 203 g/mol. The maximum atomic E-state index is 7.46. The van der Waals surface area contributed by atoms with Crippen LogP contribution in [0.2, 0.25) is 0 Å². The van der Waals surface area contributed by atoms with Crippen LogP contribution in [0.25, 0.3) is 0 Å². The van der Waals surface area contributed by atoms with Crippen molar-refractivity contribution in [2.45, 2.75) is 6.42 Å². The van der Waals surface area contributed by atoms with Gasteiger partial charge in [0, 0.05) is 13.1 Å². The average Bonchev–Trinajstić information content (AvgIpc) is 2.05. The maximum Gasteiger partial charge on any atom is 0.221 e. The van der Waals surface area contributed by atoms with Crippen LogP contribution < -0.4 is 11.5 Å². The van der Waals surface area contributed by atoms with Gasteiger partial charge in [0.05, 0.1) is 0 Å². The number of rotatable bonds is 0. The Labute approximate surface area is 83.4 Å². The second kappa shape index (κ2) is 5.42. The molecule has 0 fully saturated rings. The summed E-state index contributed by atoms with van der Waals surface area (Å²) in [6.45, 7) is 1.53. The summed E-state index contributed by atoms with van der Waals surface area (Å²) >= 11 is 0. The average molecular weight is 204 g/mol. The van der Waals surface area contributed by atoms with E-state index in [-0.39, 0.29) is 24.3 Å². The summed E-state index contributed by atoms with van der Waals surface area (Å²) in [6.07, 6.45) is 5.03. The van der Waals surface area contributed by atoms with E-state index >= 15 is 0 Å². The van der Waals surface area contributed by atoms with Crippen LogP contribution in [-0.2, 0) is 0 Å². The lowest BCUT2D eigenvalue weighted by Gasteiger charge is -2.22. The van der Waals surface area contributed by atoms with Crippen molar-refractivity contribution in [1.82, 2.24) is 4.90 Å². The van der Waals surface area contributed by atoms with E-state index in [1.165, 1.54) is 0 Å². The fourth-order valence-corrected chi connectivity index (χ4v) is 1.03. The molecule has 13 heavy (non-hydrogen) atoms.